The van der Waals surface area contributed by atoms with E-state index in [2.05, 4.69) is 0 Å². The Labute approximate surface area is 125 Å². The second kappa shape index (κ2) is 6.15. The summed E-state index contributed by atoms with van der Waals surface area (Å²) in [5.74, 6) is -1.12. The molecule has 0 aliphatic heterocycles. The fourth-order valence-corrected chi connectivity index (χ4v) is 4.79. The molecule has 1 aromatic carbocycles. The predicted octanol–water partition coefficient (Wildman–Crippen LogP) is 2.32. The average molecular weight is 311 g/mol. The zero-order chi connectivity index (χ0) is 15.6. The van der Waals surface area contributed by atoms with Gasteiger partial charge in [-0.2, -0.15) is 4.31 Å². The topological polar surface area (TPSA) is 74.7 Å². The van der Waals surface area contributed by atoms with Crippen molar-refractivity contribution in [3.8, 4) is 0 Å². The molecule has 21 heavy (non-hydrogen) atoms. The summed E-state index contributed by atoms with van der Waals surface area (Å²) in [7, 11) is -3.78. The minimum atomic E-state index is -3.78. The molecule has 1 saturated carbocycles. The number of carboxylic acid groups (broad SMARTS) is 1. The van der Waals surface area contributed by atoms with E-state index in [1.165, 1.54) is 4.31 Å². The van der Waals surface area contributed by atoms with E-state index in [1.54, 1.807) is 19.1 Å². The second-order valence-electron chi connectivity index (χ2n) is 5.65. The summed E-state index contributed by atoms with van der Waals surface area (Å²) in [6, 6.07) is 5.03. The SMILES string of the molecule is Cc1ccc(C)c(S(=O)(=O)N(CC(=O)O)C2CCCC2)c1. The molecule has 1 aromatic rings. The average Bonchev–Trinajstić information content (AvgIpc) is 2.92. The molecule has 0 saturated heterocycles. The number of aliphatic carboxylic acids is 1. The number of hydrogen-bond acceptors (Lipinski definition) is 3. The van der Waals surface area contributed by atoms with Gasteiger partial charge in [0.2, 0.25) is 10.0 Å². The quantitative estimate of drug-likeness (QED) is 0.905. The first-order chi connectivity index (χ1) is 9.82. The number of carboxylic acids is 1. The maximum Gasteiger partial charge on any atom is 0.318 e. The minimum absolute atomic E-state index is 0.203. The van der Waals surface area contributed by atoms with Crippen LogP contribution in [0.4, 0.5) is 0 Å². The summed E-state index contributed by atoms with van der Waals surface area (Å²) < 4.78 is 27.0. The molecule has 0 heterocycles. The Hall–Kier alpha value is -1.40. The molecule has 0 spiro atoms. The first-order valence-electron chi connectivity index (χ1n) is 7.13. The van der Waals surface area contributed by atoms with E-state index in [4.69, 9.17) is 5.11 Å². The van der Waals surface area contributed by atoms with Crippen molar-refractivity contribution in [1.82, 2.24) is 4.31 Å². The lowest BCUT2D eigenvalue weighted by Gasteiger charge is -2.27. The Morgan fingerprint density at radius 2 is 1.90 bits per heavy atom. The zero-order valence-corrected chi connectivity index (χ0v) is 13.2. The van der Waals surface area contributed by atoms with Crippen LogP contribution in [0.15, 0.2) is 23.1 Å². The van der Waals surface area contributed by atoms with Crippen molar-refractivity contribution in [2.75, 3.05) is 6.54 Å². The third kappa shape index (κ3) is 3.44. The molecular formula is C15H21NO4S. The number of sulfonamides is 1. The van der Waals surface area contributed by atoms with Crippen molar-refractivity contribution in [1.29, 1.82) is 0 Å². The smallest absolute Gasteiger partial charge is 0.318 e. The van der Waals surface area contributed by atoms with Crippen LogP contribution < -0.4 is 0 Å². The van der Waals surface area contributed by atoms with Crippen LogP contribution in [0, 0.1) is 13.8 Å². The molecular weight excluding hydrogens is 290 g/mol. The van der Waals surface area contributed by atoms with E-state index in [-0.39, 0.29) is 10.9 Å². The summed E-state index contributed by atoms with van der Waals surface area (Å²) >= 11 is 0. The van der Waals surface area contributed by atoms with Gasteiger partial charge in [-0.05, 0) is 43.9 Å². The van der Waals surface area contributed by atoms with Gasteiger partial charge in [-0.15, -0.1) is 0 Å². The normalized spacial score (nSPS) is 16.5. The van der Waals surface area contributed by atoms with Gasteiger partial charge in [0.05, 0.1) is 4.90 Å². The second-order valence-corrected chi connectivity index (χ2v) is 7.51. The Bertz CT molecular complexity index is 633. The molecule has 0 amide bonds. The van der Waals surface area contributed by atoms with E-state index >= 15 is 0 Å². The maximum absolute atomic E-state index is 12.9. The van der Waals surface area contributed by atoms with Crippen LogP contribution in [0.2, 0.25) is 0 Å². The summed E-state index contributed by atoms with van der Waals surface area (Å²) in [4.78, 5) is 11.3. The number of benzene rings is 1. The molecule has 0 atom stereocenters. The third-order valence-corrected chi connectivity index (χ3v) is 5.99. The molecule has 1 fully saturated rings. The van der Waals surface area contributed by atoms with Gasteiger partial charge < -0.3 is 5.11 Å². The van der Waals surface area contributed by atoms with Crippen LogP contribution >= 0.6 is 0 Å². The highest BCUT2D eigenvalue weighted by atomic mass is 32.2. The van der Waals surface area contributed by atoms with Crippen molar-refractivity contribution in [3.63, 3.8) is 0 Å². The molecule has 0 unspecified atom stereocenters. The lowest BCUT2D eigenvalue weighted by Crippen LogP contribution is -2.42. The lowest BCUT2D eigenvalue weighted by atomic mass is 10.2. The molecule has 0 bridgehead atoms. The Balaban J connectivity index is 2.45. The fraction of sp³-hybridized carbons (Fsp3) is 0.533. The van der Waals surface area contributed by atoms with Gasteiger partial charge in [0.15, 0.2) is 0 Å². The van der Waals surface area contributed by atoms with Crippen molar-refractivity contribution in [2.24, 2.45) is 0 Å². The Morgan fingerprint density at radius 1 is 1.29 bits per heavy atom. The highest BCUT2D eigenvalue weighted by molar-refractivity contribution is 7.89. The lowest BCUT2D eigenvalue weighted by molar-refractivity contribution is -0.137. The molecule has 2 rings (SSSR count). The van der Waals surface area contributed by atoms with E-state index in [9.17, 15) is 13.2 Å². The Morgan fingerprint density at radius 3 is 2.48 bits per heavy atom. The van der Waals surface area contributed by atoms with E-state index < -0.39 is 22.5 Å². The molecule has 0 radical (unpaired) electrons. The summed E-state index contributed by atoms with van der Waals surface area (Å²) in [5.41, 5.74) is 1.50. The number of rotatable bonds is 5. The van der Waals surface area contributed by atoms with Crippen molar-refractivity contribution >= 4 is 16.0 Å². The Kier molecular flexibility index (Phi) is 4.68. The maximum atomic E-state index is 12.9. The molecule has 1 aliphatic rings. The van der Waals surface area contributed by atoms with Crippen LogP contribution in [0.3, 0.4) is 0 Å². The first kappa shape index (κ1) is 16.0. The monoisotopic (exact) mass is 311 g/mol. The van der Waals surface area contributed by atoms with Gasteiger partial charge in [-0.1, -0.05) is 25.0 Å². The zero-order valence-electron chi connectivity index (χ0n) is 12.4. The summed E-state index contributed by atoms with van der Waals surface area (Å²) in [6.45, 7) is 3.09. The van der Waals surface area contributed by atoms with Crippen molar-refractivity contribution in [2.45, 2.75) is 50.5 Å². The van der Waals surface area contributed by atoms with Crippen molar-refractivity contribution < 1.29 is 18.3 Å². The van der Waals surface area contributed by atoms with Gasteiger partial charge in [0, 0.05) is 6.04 Å². The fourth-order valence-electron chi connectivity index (χ4n) is 2.85. The predicted molar refractivity (Wildman–Crippen MR) is 79.7 cm³/mol. The standard InChI is InChI=1S/C15H21NO4S/c1-11-7-8-12(2)14(9-11)21(19,20)16(10-15(17)18)13-5-3-4-6-13/h7-9,13H,3-6,10H2,1-2H3,(H,17,18). The van der Waals surface area contributed by atoms with E-state index in [1.807, 2.05) is 13.0 Å². The molecule has 1 aliphatic carbocycles. The summed E-state index contributed by atoms with van der Waals surface area (Å²) in [6.07, 6.45) is 3.36. The van der Waals surface area contributed by atoms with Crippen molar-refractivity contribution in [3.05, 3.63) is 29.3 Å². The molecule has 116 valence electrons. The molecule has 0 aromatic heterocycles. The van der Waals surface area contributed by atoms with Gasteiger partial charge in [-0.25, -0.2) is 8.42 Å². The van der Waals surface area contributed by atoms with Crippen LogP contribution in [-0.2, 0) is 14.8 Å². The third-order valence-electron chi connectivity index (χ3n) is 3.95. The van der Waals surface area contributed by atoms with Crippen LogP contribution in [0.5, 0.6) is 0 Å². The van der Waals surface area contributed by atoms with Gasteiger partial charge in [-0.3, -0.25) is 4.79 Å². The molecule has 1 N–H and O–H groups in total. The highest BCUT2D eigenvalue weighted by Gasteiger charge is 2.35. The highest BCUT2D eigenvalue weighted by Crippen LogP contribution is 2.30. The van der Waals surface area contributed by atoms with Crippen LogP contribution in [-0.4, -0.2) is 36.4 Å². The minimum Gasteiger partial charge on any atom is -0.480 e. The largest absolute Gasteiger partial charge is 0.480 e. The van der Waals surface area contributed by atoms with E-state index in [0.717, 1.165) is 31.2 Å². The number of hydrogen-bond donors (Lipinski definition) is 1. The first-order valence-corrected chi connectivity index (χ1v) is 8.57. The number of aryl methyl sites for hydroxylation is 2. The van der Waals surface area contributed by atoms with E-state index in [0.29, 0.717) is 5.56 Å². The van der Waals surface area contributed by atoms with Gasteiger partial charge in [0.25, 0.3) is 0 Å². The van der Waals surface area contributed by atoms with Crippen LogP contribution in [0.1, 0.15) is 36.8 Å². The number of nitrogens with zero attached hydrogens (tertiary/aromatic N) is 1. The summed E-state index contributed by atoms with van der Waals surface area (Å²) in [5, 5.41) is 9.07. The molecule has 5 nitrogen and oxygen atoms in total. The number of carbonyl (C=O) groups is 1. The van der Waals surface area contributed by atoms with Crippen LogP contribution in [0.25, 0.3) is 0 Å². The van der Waals surface area contributed by atoms with Gasteiger partial charge in [0.1, 0.15) is 6.54 Å². The van der Waals surface area contributed by atoms with Gasteiger partial charge >= 0.3 is 5.97 Å². The molecule has 6 heteroatoms.